The molecule has 0 radical (unpaired) electrons. The molecule has 2 heterocycles. The summed E-state index contributed by atoms with van der Waals surface area (Å²) >= 11 is 0. The number of aryl methyl sites for hydroxylation is 5. The number of halogens is 3. The molecule has 6 heteroatoms. The number of rotatable bonds is 4. The summed E-state index contributed by atoms with van der Waals surface area (Å²) < 4.78 is 45.9. The molecule has 7 aromatic carbocycles. The molecule has 0 fully saturated rings. The largest absolute Gasteiger partial charge is 0.416 e. The van der Waals surface area contributed by atoms with Crippen LogP contribution < -0.4 is 0 Å². The lowest BCUT2D eigenvalue weighted by molar-refractivity contribution is -0.137. The third kappa shape index (κ3) is 5.58. The van der Waals surface area contributed by atoms with Crippen molar-refractivity contribution < 1.29 is 13.2 Å². The second-order valence-corrected chi connectivity index (χ2v) is 14.8. The first-order valence-corrected chi connectivity index (χ1v) is 18.3. The molecule has 0 N–H and O–H groups in total. The molecule has 0 aliphatic heterocycles. The molecule has 0 bridgehead atoms. The van der Waals surface area contributed by atoms with Gasteiger partial charge in [-0.15, -0.1) is 0 Å². The normalized spacial score (nSPS) is 12.0. The standard InChI is InChI=1S/C49H36F3N3/c1-28-7-16-43-38(21-28)39-22-29(2)8-17-44(39)54(43)47-20-13-35(53-6)27-42(47)37-14-11-33(36-15-12-34(25-32(36)5)49(50,51)52)26-48(37)55-45-18-9-30(3)23-40(45)41-24-31(4)10-19-46(41)55/h7-27H,1-5H3. The van der Waals surface area contributed by atoms with Crippen molar-refractivity contribution in [2.24, 2.45) is 0 Å². The summed E-state index contributed by atoms with van der Waals surface area (Å²) in [6.07, 6.45) is -4.44. The highest BCUT2D eigenvalue weighted by Gasteiger charge is 2.31. The number of aromatic nitrogens is 2. The van der Waals surface area contributed by atoms with Crippen molar-refractivity contribution in [3.05, 3.63) is 172 Å². The Morgan fingerprint density at radius 3 is 1.38 bits per heavy atom. The van der Waals surface area contributed by atoms with Gasteiger partial charge in [0, 0.05) is 27.1 Å². The minimum Gasteiger partial charge on any atom is -0.309 e. The Morgan fingerprint density at radius 1 is 0.455 bits per heavy atom. The Morgan fingerprint density at radius 2 is 0.927 bits per heavy atom. The molecule has 0 atom stereocenters. The predicted molar refractivity (Wildman–Crippen MR) is 221 cm³/mol. The Hall–Kier alpha value is -6.58. The van der Waals surface area contributed by atoms with E-state index in [2.05, 4.69) is 127 Å². The summed E-state index contributed by atoms with van der Waals surface area (Å²) in [5.74, 6) is 0. The van der Waals surface area contributed by atoms with Crippen LogP contribution in [0.2, 0.25) is 0 Å². The monoisotopic (exact) mass is 723 g/mol. The van der Waals surface area contributed by atoms with Gasteiger partial charge in [-0.3, -0.25) is 0 Å². The van der Waals surface area contributed by atoms with Gasteiger partial charge in [0.1, 0.15) is 0 Å². The molecule has 55 heavy (non-hydrogen) atoms. The van der Waals surface area contributed by atoms with Gasteiger partial charge in [0.05, 0.1) is 45.6 Å². The zero-order valence-electron chi connectivity index (χ0n) is 31.1. The maximum absolute atomic E-state index is 13.8. The minimum absolute atomic E-state index is 0.508. The van der Waals surface area contributed by atoms with Crippen LogP contribution in [-0.4, -0.2) is 9.13 Å². The van der Waals surface area contributed by atoms with E-state index in [9.17, 15) is 13.2 Å². The van der Waals surface area contributed by atoms with E-state index < -0.39 is 11.7 Å². The molecular weight excluding hydrogens is 688 g/mol. The SMILES string of the molecule is [C-]#[N+]c1ccc(-n2c3ccc(C)cc3c3cc(C)ccc32)c(-c2ccc(-c3ccc(C(F)(F)F)cc3C)cc2-n2c3ccc(C)cc3c3cc(C)ccc32)c1. The molecule has 0 saturated heterocycles. The van der Waals surface area contributed by atoms with Crippen LogP contribution in [0.15, 0.2) is 127 Å². The van der Waals surface area contributed by atoms with Crippen molar-refractivity contribution >= 4 is 49.3 Å². The Labute approximate surface area is 317 Å². The Balaban J connectivity index is 1.41. The highest BCUT2D eigenvalue weighted by atomic mass is 19.4. The molecule has 0 amide bonds. The van der Waals surface area contributed by atoms with E-state index in [-0.39, 0.29) is 0 Å². The van der Waals surface area contributed by atoms with E-state index in [1.165, 1.54) is 17.2 Å². The van der Waals surface area contributed by atoms with E-state index in [0.29, 0.717) is 11.3 Å². The average Bonchev–Trinajstić information content (AvgIpc) is 3.64. The Bertz CT molecular complexity index is 2980. The van der Waals surface area contributed by atoms with E-state index >= 15 is 0 Å². The zero-order chi connectivity index (χ0) is 38.3. The summed E-state index contributed by atoms with van der Waals surface area (Å²) in [7, 11) is 0. The number of benzene rings is 7. The van der Waals surface area contributed by atoms with Crippen molar-refractivity contribution in [3.63, 3.8) is 0 Å². The third-order valence-electron chi connectivity index (χ3n) is 10.9. The van der Waals surface area contributed by atoms with Gasteiger partial charge in [0.25, 0.3) is 0 Å². The van der Waals surface area contributed by atoms with Crippen LogP contribution in [0.25, 0.3) is 82.1 Å². The number of alkyl halides is 3. The predicted octanol–water partition coefficient (Wildman–Crippen LogP) is 14.3. The highest BCUT2D eigenvalue weighted by molar-refractivity contribution is 6.12. The van der Waals surface area contributed by atoms with Crippen LogP contribution in [0.5, 0.6) is 0 Å². The van der Waals surface area contributed by atoms with E-state index in [4.69, 9.17) is 6.57 Å². The van der Waals surface area contributed by atoms with Gasteiger partial charge in [-0.05, 0) is 136 Å². The van der Waals surface area contributed by atoms with Gasteiger partial charge in [0.15, 0.2) is 5.69 Å². The molecule has 9 aromatic rings. The smallest absolute Gasteiger partial charge is 0.309 e. The second-order valence-electron chi connectivity index (χ2n) is 14.8. The number of nitrogens with zero attached hydrogens (tertiary/aromatic N) is 3. The molecule has 0 spiro atoms. The lowest BCUT2D eigenvalue weighted by Crippen LogP contribution is -2.05. The number of hydrogen-bond donors (Lipinski definition) is 0. The third-order valence-corrected chi connectivity index (χ3v) is 10.9. The van der Waals surface area contributed by atoms with Crippen LogP contribution in [-0.2, 0) is 6.18 Å². The summed E-state index contributed by atoms with van der Waals surface area (Å²) in [5, 5.41) is 4.54. The lowest BCUT2D eigenvalue weighted by atomic mass is 9.93. The highest BCUT2D eigenvalue weighted by Crippen LogP contribution is 2.44. The fraction of sp³-hybridized carbons (Fsp3) is 0.122. The molecule has 0 aliphatic rings. The quantitative estimate of drug-likeness (QED) is 0.161. The van der Waals surface area contributed by atoms with Gasteiger partial charge in [-0.1, -0.05) is 70.8 Å². The molecule has 0 saturated carbocycles. The summed E-state index contributed by atoms with van der Waals surface area (Å²) in [6.45, 7) is 18.2. The molecule has 0 aliphatic carbocycles. The maximum atomic E-state index is 13.8. The lowest BCUT2D eigenvalue weighted by Gasteiger charge is -2.21. The van der Waals surface area contributed by atoms with Crippen molar-refractivity contribution in [3.8, 4) is 33.6 Å². The fourth-order valence-electron chi connectivity index (χ4n) is 8.30. The fourth-order valence-corrected chi connectivity index (χ4v) is 8.30. The average molecular weight is 724 g/mol. The van der Waals surface area contributed by atoms with Crippen molar-refractivity contribution in [2.75, 3.05) is 0 Å². The van der Waals surface area contributed by atoms with Gasteiger partial charge >= 0.3 is 6.18 Å². The van der Waals surface area contributed by atoms with Gasteiger partial charge in [0.2, 0.25) is 0 Å². The van der Waals surface area contributed by atoms with Crippen LogP contribution in [0, 0.1) is 41.2 Å². The van der Waals surface area contributed by atoms with Crippen LogP contribution in [0.3, 0.4) is 0 Å². The topological polar surface area (TPSA) is 14.2 Å². The minimum atomic E-state index is -4.44. The number of fused-ring (bicyclic) bond motifs is 6. The van der Waals surface area contributed by atoms with Crippen LogP contribution in [0.1, 0.15) is 33.4 Å². The van der Waals surface area contributed by atoms with E-state index in [1.807, 2.05) is 24.3 Å². The first kappa shape index (κ1) is 34.2. The molecular formula is C49H36F3N3. The van der Waals surface area contributed by atoms with E-state index in [0.717, 1.165) is 94.4 Å². The maximum Gasteiger partial charge on any atom is 0.416 e. The molecule has 268 valence electrons. The summed E-state index contributed by atoms with van der Waals surface area (Å²) in [5.41, 5.74) is 14.2. The molecule has 2 aromatic heterocycles. The summed E-state index contributed by atoms with van der Waals surface area (Å²) in [4.78, 5) is 3.89. The number of hydrogen-bond acceptors (Lipinski definition) is 0. The summed E-state index contributed by atoms with van der Waals surface area (Å²) in [6, 6.07) is 42.0. The molecule has 0 unspecified atom stereocenters. The second kappa shape index (κ2) is 12.5. The molecule has 3 nitrogen and oxygen atoms in total. The van der Waals surface area contributed by atoms with Crippen LogP contribution >= 0.6 is 0 Å². The van der Waals surface area contributed by atoms with Crippen molar-refractivity contribution in [2.45, 2.75) is 40.8 Å². The zero-order valence-corrected chi connectivity index (χ0v) is 31.1. The van der Waals surface area contributed by atoms with Gasteiger partial charge in [-0.2, -0.15) is 13.2 Å². The van der Waals surface area contributed by atoms with Gasteiger partial charge < -0.3 is 9.13 Å². The van der Waals surface area contributed by atoms with Crippen molar-refractivity contribution in [1.29, 1.82) is 0 Å². The van der Waals surface area contributed by atoms with Crippen molar-refractivity contribution in [1.82, 2.24) is 9.13 Å². The van der Waals surface area contributed by atoms with Crippen LogP contribution in [0.4, 0.5) is 18.9 Å². The van der Waals surface area contributed by atoms with Gasteiger partial charge in [-0.25, -0.2) is 4.85 Å². The first-order chi connectivity index (χ1) is 26.4. The van der Waals surface area contributed by atoms with E-state index in [1.54, 1.807) is 13.0 Å². The molecule has 9 rings (SSSR count). The first-order valence-electron chi connectivity index (χ1n) is 18.3. The Kier molecular flexibility index (Phi) is 7.77.